The molecule has 5 heteroatoms. The van der Waals surface area contributed by atoms with Crippen LogP contribution in [0, 0.1) is 11.3 Å². The van der Waals surface area contributed by atoms with Crippen LogP contribution in [0.15, 0.2) is 46.9 Å². The van der Waals surface area contributed by atoms with Crippen LogP contribution < -0.4 is 5.32 Å². The Morgan fingerprint density at radius 2 is 1.95 bits per heavy atom. The standard InChI is InChI=1S/C16H13BrN2O2/c17-15-3-1-2-13(14(15)10-20)16(21)19-9-12-6-4-11(8-18)5-7-12/h1-7,20H,9-10H2,(H,19,21). The first kappa shape index (κ1) is 15.2. The Bertz CT molecular complexity index is 690. The third-order valence-electron chi connectivity index (χ3n) is 3.06. The smallest absolute Gasteiger partial charge is 0.251 e. The molecule has 0 aliphatic carbocycles. The number of carbonyl (C=O) groups is 1. The molecule has 0 saturated carbocycles. The van der Waals surface area contributed by atoms with Gasteiger partial charge < -0.3 is 10.4 Å². The van der Waals surface area contributed by atoms with Gasteiger partial charge in [0.25, 0.3) is 5.91 Å². The van der Waals surface area contributed by atoms with E-state index in [0.717, 1.165) is 5.56 Å². The van der Waals surface area contributed by atoms with Gasteiger partial charge in [-0.15, -0.1) is 0 Å². The lowest BCUT2D eigenvalue weighted by Crippen LogP contribution is -2.24. The molecule has 0 unspecified atom stereocenters. The van der Waals surface area contributed by atoms with Crippen LogP contribution in [0.25, 0.3) is 0 Å². The number of benzene rings is 2. The minimum atomic E-state index is -0.246. The molecule has 2 aromatic carbocycles. The number of nitrogens with zero attached hydrogens (tertiary/aromatic N) is 1. The summed E-state index contributed by atoms with van der Waals surface area (Å²) in [5.41, 5.74) is 2.50. The van der Waals surface area contributed by atoms with Crippen molar-refractivity contribution in [3.8, 4) is 6.07 Å². The van der Waals surface area contributed by atoms with Crippen molar-refractivity contribution < 1.29 is 9.90 Å². The van der Waals surface area contributed by atoms with Crippen molar-refractivity contribution in [3.05, 3.63) is 69.2 Å². The monoisotopic (exact) mass is 344 g/mol. The molecule has 0 atom stereocenters. The minimum Gasteiger partial charge on any atom is -0.392 e. The van der Waals surface area contributed by atoms with Gasteiger partial charge in [0.1, 0.15) is 0 Å². The molecule has 0 aliphatic heterocycles. The van der Waals surface area contributed by atoms with Gasteiger partial charge in [-0.2, -0.15) is 5.26 Å². The molecule has 4 nitrogen and oxygen atoms in total. The van der Waals surface area contributed by atoms with E-state index < -0.39 is 0 Å². The highest BCUT2D eigenvalue weighted by molar-refractivity contribution is 9.10. The Morgan fingerprint density at radius 3 is 2.57 bits per heavy atom. The number of hydrogen-bond acceptors (Lipinski definition) is 3. The van der Waals surface area contributed by atoms with E-state index >= 15 is 0 Å². The summed E-state index contributed by atoms with van der Waals surface area (Å²) in [6.45, 7) is 0.156. The average Bonchev–Trinajstić information content (AvgIpc) is 2.52. The molecule has 0 radical (unpaired) electrons. The lowest BCUT2D eigenvalue weighted by Gasteiger charge is -2.10. The number of carbonyl (C=O) groups excluding carboxylic acids is 1. The van der Waals surface area contributed by atoms with Gasteiger partial charge >= 0.3 is 0 Å². The fraction of sp³-hybridized carbons (Fsp3) is 0.125. The number of hydrogen-bond donors (Lipinski definition) is 2. The summed E-state index contributed by atoms with van der Waals surface area (Å²) in [5.74, 6) is -0.246. The van der Waals surface area contributed by atoms with E-state index in [2.05, 4.69) is 21.2 Å². The van der Waals surface area contributed by atoms with Crippen LogP contribution in [0.5, 0.6) is 0 Å². The number of nitrogens with one attached hydrogen (secondary N) is 1. The number of amides is 1. The molecular weight excluding hydrogens is 332 g/mol. The lowest BCUT2D eigenvalue weighted by atomic mass is 10.1. The van der Waals surface area contributed by atoms with E-state index in [-0.39, 0.29) is 12.5 Å². The molecule has 0 fully saturated rings. The molecule has 2 N–H and O–H groups in total. The summed E-state index contributed by atoms with van der Waals surface area (Å²) in [7, 11) is 0. The summed E-state index contributed by atoms with van der Waals surface area (Å²) in [5, 5.41) is 20.9. The molecule has 2 aromatic rings. The summed E-state index contributed by atoms with van der Waals surface area (Å²) >= 11 is 3.32. The molecule has 106 valence electrons. The van der Waals surface area contributed by atoms with Crippen molar-refractivity contribution >= 4 is 21.8 Å². The molecule has 0 saturated heterocycles. The third-order valence-corrected chi connectivity index (χ3v) is 3.80. The fourth-order valence-corrected chi connectivity index (χ4v) is 2.40. The van der Waals surface area contributed by atoms with Gasteiger partial charge in [-0.05, 0) is 29.8 Å². The van der Waals surface area contributed by atoms with Gasteiger partial charge in [-0.3, -0.25) is 4.79 Å². The van der Waals surface area contributed by atoms with Gasteiger partial charge in [0.15, 0.2) is 0 Å². The zero-order chi connectivity index (χ0) is 15.2. The average molecular weight is 345 g/mol. The van der Waals surface area contributed by atoms with E-state index in [1.165, 1.54) is 0 Å². The third kappa shape index (κ3) is 3.69. The highest BCUT2D eigenvalue weighted by atomic mass is 79.9. The first-order chi connectivity index (χ1) is 10.2. The van der Waals surface area contributed by atoms with Crippen LogP contribution in [0.2, 0.25) is 0 Å². The van der Waals surface area contributed by atoms with E-state index in [1.54, 1.807) is 42.5 Å². The Labute approximate surface area is 131 Å². The van der Waals surface area contributed by atoms with Crippen molar-refractivity contribution in [1.82, 2.24) is 5.32 Å². The number of aliphatic hydroxyl groups excluding tert-OH is 1. The Kier molecular flexibility index (Phi) is 5.09. The number of halogens is 1. The second-order valence-electron chi connectivity index (χ2n) is 4.42. The van der Waals surface area contributed by atoms with Gasteiger partial charge in [0.2, 0.25) is 0 Å². The molecule has 2 rings (SSSR count). The van der Waals surface area contributed by atoms with Crippen molar-refractivity contribution in [2.75, 3.05) is 0 Å². The van der Waals surface area contributed by atoms with Crippen molar-refractivity contribution in [3.63, 3.8) is 0 Å². The van der Waals surface area contributed by atoms with Crippen molar-refractivity contribution in [2.24, 2.45) is 0 Å². The van der Waals surface area contributed by atoms with Gasteiger partial charge in [0, 0.05) is 22.1 Å². The zero-order valence-corrected chi connectivity index (χ0v) is 12.7. The van der Waals surface area contributed by atoms with Gasteiger partial charge in [0.05, 0.1) is 18.2 Å². The Morgan fingerprint density at radius 1 is 1.24 bits per heavy atom. The predicted octanol–water partition coefficient (Wildman–Crippen LogP) is 2.74. The van der Waals surface area contributed by atoms with E-state index in [1.807, 2.05) is 6.07 Å². The Hall–Kier alpha value is -2.16. The predicted molar refractivity (Wildman–Crippen MR) is 82.4 cm³/mol. The van der Waals surface area contributed by atoms with Crippen LogP contribution in [0.1, 0.15) is 27.0 Å². The highest BCUT2D eigenvalue weighted by Crippen LogP contribution is 2.20. The minimum absolute atomic E-state index is 0.207. The van der Waals surface area contributed by atoms with E-state index in [4.69, 9.17) is 5.26 Å². The van der Waals surface area contributed by atoms with Crippen LogP contribution in [-0.4, -0.2) is 11.0 Å². The summed E-state index contributed by atoms with van der Waals surface area (Å²) in [6.07, 6.45) is 0. The maximum absolute atomic E-state index is 12.2. The molecule has 0 spiro atoms. The van der Waals surface area contributed by atoms with Crippen LogP contribution in [0.4, 0.5) is 0 Å². The second-order valence-corrected chi connectivity index (χ2v) is 5.27. The molecule has 1 amide bonds. The molecule has 0 aromatic heterocycles. The summed E-state index contributed by atoms with van der Waals surface area (Å²) in [6, 6.07) is 14.3. The topological polar surface area (TPSA) is 73.1 Å². The highest BCUT2D eigenvalue weighted by Gasteiger charge is 2.12. The first-order valence-corrected chi connectivity index (χ1v) is 7.10. The van der Waals surface area contributed by atoms with Gasteiger partial charge in [-0.25, -0.2) is 0 Å². The summed E-state index contributed by atoms with van der Waals surface area (Å²) < 4.78 is 0.705. The number of aliphatic hydroxyl groups is 1. The lowest BCUT2D eigenvalue weighted by molar-refractivity contribution is 0.0947. The molecule has 0 bridgehead atoms. The van der Waals surface area contributed by atoms with Crippen molar-refractivity contribution in [2.45, 2.75) is 13.2 Å². The normalized spacial score (nSPS) is 9.95. The van der Waals surface area contributed by atoms with Crippen LogP contribution >= 0.6 is 15.9 Å². The number of rotatable bonds is 4. The Balaban J connectivity index is 2.08. The van der Waals surface area contributed by atoms with Crippen LogP contribution in [-0.2, 0) is 13.2 Å². The molecule has 0 heterocycles. The molecular formula is C16H13BrN2O2. The maximum Gasteiger partial charge on any atom is 0.251 e. The zero-order valence-electron chi connectivity index (χ0n) is 11.1. The SMILES string of the molecule is N#Cc1ccc(CNC(=O)c2cccc(Br)c2CO)cc1. The van der Waals surface area contributed by atoms with E-state index in [0.29, 0.717) is 27.7 Å². The maximum atomic E-state index is 12.2. The molecule has 0 aliphatic rings. The fourth-order valence-electron chi connectivity index (χ4n) is 1.91. The van der Waals surface area contributed by atoms with Crippen LogP contribution in [0.3, 0.4) is 0 Å². The largest absolute Gasteiger partial charge is 0.392 e. The first-order valence-electron chi connectivity index (χ1n) is 6.31. The number of nitriles is 1. The van der Waals surface area contributed by atoms with Crippen molar-refractivity contribution in [1.29, 1.82) is 5.26 Å². The quantitative estimate of drug-likeness (QED) is 0.895. The molecule has 21 heavy (non-hydrogen) atoms. The van der Waals surface area contributed by atoms with Gasteiger partial charge in [-0.1, -0.05) is 34.1 Å². The summed E-state index contributed by atoms with van der Waals surface area (Å²) in [4.78, 5) is 12.2. The van der Waals surface area contributed by atoms with E-state index in [9.17, 15) is 9.90 Å². The second kappa shape index (κ2) is 7.02.